The van der Waals surface area contributed by atoms with Gasteiger partial charge in [0.2, 0.25) is 5.91 Å². The third-order valence-corrected chi connectivity index (χ3v) is 5.29. The number of carbonyl (C=O) groups is 1. The van der Waals surface area contributed by atoms with Crippen molar-refractivity contribution in [3.63, 3.8) is 0 Å². The molecule has 2 aliphatic rings. The summed E-state index contributed by atoms with van der Waals surface area (Å²) in [5.74, 6) is 2.13. The first kappa shape index (κ1) is 17.0. The van der Waals surface area contributed by atoms with Gasteiger partial charge in [0.1, 0.15) is 18.8 Å². The highest BCUT2D eigenvalue weighted by molar-refractivity contribution is 5.77. The molecule has 1 aromatic carbocycles. The van der Waals surface area contributed by atoms with Crippen LogP contribution in [-0.2, 0) is 16.1 Å². The molecule has 1 aromatic heterocycles. The van der Waals surface area contributed by atoms with E-state index >= 15 is 0 Å². The number of ether oxygens (including phenoxy) is 1. The Labute approximate surface area is 153 Å². The largest absolute Gasteiger partial charge is 0.367 e. The number of carbonyl (C=O) groups excluding carboxylic acids is 1. The van der Waals surface area contributed by atoms with Crippen LogP contribution in [0, 0.1) is 18.8 Å². The van der Waals surface area contributed by atoms with Gasteiger partial charge in [-0.3, -0.25) is 4.79 Å². The van der Waals surface area contributed by atoms with E-state index in [1.165, 1.54) is 0 Å². The number of rotatable bonds is 5. The molecule has 4 rings (SSSR count). The van der Waals surface area contributed by atoms with E-state index in [-0.39, 0.29) is 12.5 Å². The fraction of sp³-hybridized carbons (Fsp3) is 0.450. The summed E-state index contributed by atoms with van der Waals surface area (Å²) < 4.78 is 5.60. The zero-order valence-electron chi connectivity index (χ0n) is 15.0. The van der Waals surface area contributed by atoms with Crippen LogP contribution in [0.2, 0.25) is 0 Å². The number of benzene rings is 1. The summed E-state index contributed by atoms with van der Waals surface area (Å²) in [5.41, 5.74) is 2.08. The third-order valence-electron chi connectivity index (χ3n) is 5.29. The van der Waals surface area contributed by atoms with E-state index in [1.807, 2.05) is 48.2 Å². The van der Waals surface area contributed by atoms with Crippen LogP contribution in [0.4, 0.5) is 5.82 Å². The summed E-state index contributed by atoms with van der Waals surface area (Å²) in [5, 5.41) is 0. The number of hydrogen-bond acceptors (Lipinski definition) is 5. The Morgan fingerprint density at radius 3 is 2.54 bits per heavy atom. The maximum absolute atomic E-state index is 12.4. The lowest BCUT2D eigenvalue weighted by Gasteiger charge is -2.22. The smallest absolute Gasteiger partial charge is 0.248 e. The summed E-state index contributed by atoms with van der Waals surface area (Å²) in [4.78, 5) is 25.3. The van der Waals surface area contributed by atoms with Crippen LogP contribution in [0.1, 0.15) is 11.3 Å². The molecule has 0 radical (unpaired) electrons. The maximum atomic E-state index is 12.4. The van der Waals surface area contributed by atoms with Crippen molar-refractivity contribution in [1.82, 2.24) is 14.9 Å². The van der Waals surface area contributed by atoms with Gasteiger partial charge >= 0.3 is 0 Å². The zero-order valence-corrected chi connectivity index (χ0v) is 15.0. The van der Waals surface area contributed by atoms with Crippen molar-refractivity contribution >= 4 is 11.7 Å². The van der Waals surface area contributed by atoms with Crippen molar-refractivity contribution in [2.45, 2.75) is 13.5 Å². The summed E-state index contributed by atoms with van der Waals surface area (Å²) >= 11 is 0. The SMILES string of the molecule is Cc1cc(N2CC3CN(C(=O)COCc4ccccc4)CC3C2)ncn1. The monoisotopic (exact) mass is 352 g/mol. The second-order valence-corrected chi connectivity index (χ2v) is 7.22. The lowest BCUT2D eigenvalue weighted by atomic mass is 10.0. The average molecular weight is 352 g/mol. The van der Waals surface area contributed by atoms with Crippen LogP contribution >= 0.6 is 0 Å². The van der Waals surface area contributed by atoms with Crippen molar-refractivity contribution in [1.29, 1.82) is 0 Å². The molecule has 3 heterocycles. The summed E-state index contributed by atoms with van der Waals surface area (Å²) in [6.45, 7) is 6.16. The Bertz CT molecular complexity index is 753. The Kier molecular flexibility index (Phi) is 4.84. The second-order valence-electron chi connectivity index (χ2n) is 7.22. The van der Waals surface area contributed by atoms with E-state index in [2.05, 4.69) is 14.9 Å². The number of fused-ring (bicyclic) bond motifs is 1. The molecule has 136 valence electrons. The number of likely N-dealkylation sites (tertiary alicyclic amines) is 1. The third kappa shape index (κ3) is 3.70. The number of hydrogen-bond donors (Lipinski definition) is 0. The summed E-state index contributed by atoms with van der Waals surface area (Å²) in [7, 11) is 0. The van der Waals surface area contributed by atoms with E-state index in [0.717, 1.165) is 43.3 Å². The van der Waals surface area contributed by atoms with Crippen LogP contribution < -0.4 is 4.90 Å². The van der Waals surface area contributed by atoms with Crippen LogP contribution in [0.5, 0.6) is 0 Å². The molecule has 6 heteroatoms. The Balaban J connectivity index is 1.26. The molecule has 0 N–H and O–H groups in total. The van der Waals surface area contributed by atoms with Gasteiger partial charge in [-0.1, -0.05) is 30.3 Å². The van der Waals surface area contributed by atoms with E-state index < -0.39 is 0 Å². The van der Waals surface area contributed by atoms with Crippen molar-refractivity contribution in [3.05, 3.63) is 54.0 Å². The topological polar surface area (TPSA) is 58.6 Å². The van der Waals surface area contributed by atoms with Gasteiger partial charge in [0.15, 0.2) is 0 Å². The Morgan fingerprint density at radius 1 is 1.12 bits per heavy atom. The van der Waals surface area contributed by atoms with Gasteiger partial charge < -0.3 is 14.5 Å². The summed E-state index contributed by atoms with van der Waals surface area (Å²) in [6, 6.07) is 12.0. The fourth-order valence-corrected chi connectivity index (χ4v) is 3.92. The van der Waals surface area contributed by atoms with Gasteiger partial charge in [0, 0.05) is 49.8 Å². The molecule has 2 fully saturated rings. The molecule has 0 spiro atoms. The highest BCUT2D eigenvalue weighted by Gasteiger charge is 2.41. The first-order chi connectivity index (χ1) is 12.7. The number of anilines is 1. The van der Waals surface area contributed by atoms with E-state index in [4.69, 9.17) is 4.74 Å². The summed E-state index contributed by atoms with van der Waals surface area (Å²) in [6.07, 6.45) is 1.62. The molecule has 1 amide bonds. The molecule has 2 saturated heterocycles. The van der Waals surface area contributed by atoms with Crippen LogP contribution in [0.15, 0.2) is 42.7 Å². The van der Waals surface area contributed by atoms with E-state index in [1.54, 1.807) is 6.33 Å². The lowest BCUT2D eigenvalue weighted by Crippen LogP contribution is -2.35. The normalized spacial score (nSPS) is 21.9. The average Bonchev–Trinajstić information content (AvgIpc) is 3.22. The van der Waals surface area contributed by atoms with Crippen molar-refractivity contribution in [2.24, 2.45) is 11.8 Å². The van der Waals surface area contributed by atoms with Crippen molar-refractivity contribution < 1.29 is 9.53 Å². The van der Waals surface area contributed by atoms with Gasteiger partial charge in [-0.05, 0) is 12.5 Å². The first-order valence-corrected chi connectivity index (χ1v) is 9.12. The number of amides is 1. The predicted octanol–water partition coefficient (Wildman–Crippen LogP) is 1.90. The highest BCUT2D eigenvalue weighted by atomic mass is 16.5. The van der Waals surface area contributed by atoms with Crippen LogP contribution in [-0.4, -0.2) is 53.6 Å². The molecule has 2 aromatic rings. The first-order valence-electron chi connectivity index (χ1n) is 9.12. The fourth-order valence-electron chi connectivity index (χ4n) is 3.92. The number of nitrogens with zero attached hydrogens (tertiary/aromatic N) is 4. The van der Waals surface area contributed by atoms with Gasteiger partial charge in [-0.15, -0.1) is 0 Å². The molecule has 0 aliphatic carbocycles. The molecule has 0 bridgehead atoms. The van der Waals surface area contributed by atoms with Gasteiger partial charge in [0.05, 0.1) is 6.61 Å². The van der Waals surface area contributed by atoms with Gasteiger partial charge in [-0.2, -0.15) is 0 Å². The van der Waals surface area contributed by atoms with Gasteiger partial charge in [0.25, 0.3) is 0 Å². The van der Waals surface area contributed by atoms with Crippen LogP contribution in [0.3, 0.4) is 0 Å². The maximum Gasteiger partial charge on any atom is 0.248 e. The van der Waals surface area contributed by atoms with Crippen molar-refractivity contribution in [2.75, 3.05) is 37.7 Å². The Hall–Kier alpha value is -2.47. The minimum absolute atomic E-state index is 0.0970. The minimum Gasteiger partial charge on any atom is -0.367 e. The van der Waals surface area contributed by atoms with E-state index in [9.17, 15) is 4.79 Å². The molecule has 2 aliphatic heterocycles. The molecular formula is C20H24N4O2. The van der Waals surface area contributed by atoms with Gasteiger partial charge in [-0.25, -0.2) is 9.97 Å². The molecule has 2 atom stereocenters. The molecule has 2 unspecified atom stereocenters. The number of aromatic nitrogens is 2. The quantitative estimate of drug-likeness (QED) is 0.823. The predicted molar refractivity (Wildman–Crippen MR) is 98.6 cm³/mol. The van der Waals surface area contributed by atoms with Crippen molar-refractivity contribution in [3.8, 4) is 0 Å². The van der Waals surface area contributed by atoms with E-state index in [0.29, 0.717) is 18.4 Å². The highest BCUT2D eigenvalue weighted by Crippen LogP contribution is 2.33. The Morgan fingerprint density at radius 2 is 1.85 bits per heavy atom. The lowest BCUT2D eigenvalue weighted by molar-refractivity contribution is -0.135. The molecule has 6 nitrogen and oxygen atoms in total. The van der Waals surface area contributed by atoms with Crippen LogP contribution in [0.25, 0.3) is 0 Å². The molecule has 0 saturated carbocycles. The zero-order chi connectivity index (χ0) is 17.9. The second kappa shape index (κ2) is 7.41. The molecular weight excluding hydrogens is 328 g/mol. The molecule has 26 heavy (non-hydrogen) atoms. The number of aryl methyl sites for hydroxylation is 1. The minimum atomic E-state index is 0.0970. The standard InChI is InChI=1S/C20H24N4O2/c1-15-7-19(22-14-21-15)23-8-17-10-24(11-18(17)9-23)20(25)13-26-12-16-5-3-2-4-6-16/h2-7,14,17-18H,8-13H2,1H3.